The number of ether oxygens (including phenoxy) is 2. The minimum atomic E-state index is -0.706. The van der Waals surface area contributed by atoms with E-state index in [0.29, 0.717) is 30.0 Å². The van der Waals surface area contributed by atoms with Gasteiger partial charge in [0, 0.05) is 24.9 Å². The molecule has 1 saturated heterocycles. The highest BCUT2D eigenvalue weighted by Crippen LogP contribution is 2.41. The van der Waals surface area contributed by atoms with Crippen molar-refractivity contribution in [2.24, 2.45) is 0 Å². The second-order valence-electron chi connectivity index (χ2n) is 10.2. The second-order valence-corrected chi connectivity index (χ2v) is 10.2. The third-order valence-electron chi connectivity index (χ3n) is 7.64. The normalized spacial score (nSPS) is 18.3. The van der Waals surface area contributed by atoms with Crippen LogP contribution in [0.2, 0.25) is 0 Å². The topological polar surface area (TPSA) is 120 Å². The Kier molecular flexibility index (Phi) is 7.98. The van der Waals surface area contributed by atoms with Gasteiger partial charge in [-0.05, 0) is 73.6 Å². The molecule has 0 spiro atoms. The van der Waals surface area contributed by atoms with Crippen LogP contribution in [0, 0.1) is 18.6 Å². The molecule has 2 aliphatic rings. The number of nitrogen functional groups attached to an aromatic ring is 1. The van der Waals surface area contributed by atoms with E-state index in [1.165, 1.54) is 30.6 Å². The van der Waals surface area contributed by atoms with Crippen molar-refractivity contribution in [2.75, 3.05) is 31.3 Å². The number of likely N-dealkylation sites (tertiary alicyclic amines) is 1. The van der Waals surface area contributed by atoms with E-state index in [-0.39, 0.29) is 47.1 Å². The summed E-state index contributed by atoms with van der Waals surface area (Å²) in [6.45, 7) is 5.71. The van der Waals surface area contributed by atoms with Crippen LogP contribution in [0.4, 0.5) is 20.3 Å². The number of aromatic nitrogens is 2. The fraction of sp³-hybridized carbons (Fsp3) is 0.333. The smallest absolute Gasteiger partial charge is 0.258 e. The summed E-state index contributed by atoms with van der Waals surface area (Å²) in [6, 6.07) is 6.54. The van der Waals surface area contributed by atoms with Gasteiger partial charge in [-0.15, -0.1) is 0 Å². The van der Waals surface area contributed by atoms with E-state index < -0.39 is 23.6 Å². The third kappa shape index (κ3) is 5.76. The Bertz CT molecular complexity index is 1510. The number of nitrogens with one attached hydrogen (secondary N) is 1. The maximum Gasteiger partial charge on any atom is 0.258 e. The number of carbonyl (C=O) groups is 2. The number of methoxy groups -OCH3 is 1. The zero-order valence-corrected chi connectivity index (χ0v) is 22.8. The zero-order chi connectivity index (χ0) is 29.3. The number of amides is 2. The monoisotopic (exact) mass is 563 g/mol. The molecule has 214 valence electrons. The summed E-state index contributed by atoms with van der Waals surface area (Å²) >= 11 is 0. The van der Waals surface area contributed by atoms with Crippen molar-refractivity contribution in [3.8, 4) is 17.0 Å². The van der Waals surface area contributed by atoms with Gasteiger partial charge in [0.1, 0.15) is 30.3 Å². The van der Waals surface area contributed by atoms with Crippen molar-refractivity contribution in [1.82, 2.24) is 14.9 Å². The van der Waals surface area contributed by atoms with Gasteiger partial charge in [-0.2, -0.15) is 0 Å². The van der Waals surface area contributed by atoms with E-state index in [4.69, 9.17) is 15.2 Å². The summed E-state index contributed by atoms with van der Waals surface area (Å²) in [7, 11) is 1.56. The molecular weight excluding hydrogens is 532 g/mol. The molecule has 1 aliphatic heterocycles. The van der Waals surface area contributed by atoms with Crippen LogP contribution < -0.4 is 15.8 Å². The van der Waals surface area contributed by atoms with E-state index in [9.17, 15) is 18.4 Å². The first kappa shape index (κ1) is 28.2. The van der Waals surface area contributed by atoms with Gasteiger partial charge in [-0.1, -0.05) is 12.6 Å². The van der Waals surface area contributed by atoms with Crippen LogP contribution in [-0.2, 0) is 9.53 Å². The van der Waals surface area contributed by atoms with Gasteiger partial charge in [-0.3, -0.25) is 9.59 Å². The third-order valence-corrected chi connectivity index (χ3v) is 7.64. The van der Waals surface area contributed by atoms with Gasteiger partial charge in [0.2, 0.25) is 5.91 Å². The maximum atomic E-state index is 14.9. The van der Waals surface area contributed by atoms with E-state index in [1.807, 2.05) is 0 Å². The Labute approximate surface area is 236 Å². The fourth-order valence-electron chi connectivity index (χ4n) is 5.21. The molecular formula is C30H31F2N5O4. The Morgan fingerprint density at radius 3 is 2.66 bits per heavy atom. The van der Waals surface area contributed by atoms with Crippen molar-refractivity contribution < 1.29 is 27.8 Å². The quantitative estimate of drug-likeness (QED) is 0.365. The van der Waals surface area contributed by atoms with Crippen LogP contribution >= 0.6 is 0 Å². The lowest BCUT2D eigenvalue weighted by atomic mass is 10.0. The number of nitrogens with zero attached hydrogens (tertiary/aromatic N) is 3. The number of hydrogen-bond acceptors (Lipinski definition) is 7. The SMILES string of the molecule is C=CC(=O)N1CCC(OC)C1COc1c(N)ncnc1-c1cc(F)cc(NC(=O)c2ccc(C3CC3)cc2F)c1C. The molecule has 2 aromatic carbocycles. The molecule has 0 radical (unpaired) electrons. The number of rotatable bonds is 9. The Hall–Kier alpha value is -4.38. The van der Waals surface area contributed by atoms with Crippen LogP contribution in [0.15, 0.2) is 49.3 Å². The maximum absolute atomic E-state index is 14.9. The van der Waals surface area contributed by atoms with E-state index in [2.05, 4.69) is 21.9 Å². The number of hydrogen-bond donors (Lipinski definition) is 2. The molecule has 2 heterocycles. The first-order valence-corrected chi connectivity index (χ1v) is 13.3. The lowest BCUT2D eigenvalue weighted by molar-refractivity contribution is -0.128. The molecule has 2 atom stereocenters. The second kappa shape index (κ2) is 11.6. The first-order valence-electron chi connectivity index (χ1n) is 13.3. The number of halogens is 2. The number of anilines is 2. The summed E-state index contributed by atoms with van der Waals surface area (Å²) in [5.41, 5.74) is 7.96. The molecule has 9 nitrogen and oxygen atoms in total. The summed E-state index contributed by atoms with van der Waals surface area (Å²) in [4.78, 5) is 35.3. The molecule has 11 heteroatoms. The molecule has 0 bridgehead atoms. The van der Waals surface area contributed by atoms with Crippen molar-refractivity contribution >= 4 is 23.3 Å². The molecule has 5 rings (SSSR count). The van der Waals surface area contributed by atoms with Crippen molar-refractivity contribution in [3.05, 3.63) is 77.6 Å². The van der Waals surface area contributed by atoms with Crippen molar-refractivity contribution in [2.45, 2.75) is 44.2 Å². The Morgan fingerprint density at radius 1 is 1.20 bits per heavy atom. The predicted octanol–water partition coefficient (Wildman–Crippen LogP) is 4.62. The van der Waals surface area contributed by atoms with E-state index >= 15 is 0 Å². The Morgan fingerprint density at radius 2 is 1.98 bits per heavy atom. The van der Waals surface area contributed by atoms with Gasteiger partial charge < -0.3 is 25.4 Å². The van der Waals surface area contributed by atoms with Gasteiger partial charge in [0.25, 0.3) is 5.91 Å². The molecule has 1 aliphatic carbocycles. The molecule has 2 unspecified atom stereocenters. The average Bonchev–Trinajstić information content (AvgIpc) is 3.73. The minimum absolute atomic E-state index is 0.00984. The van der Waals surface area contributed by atoms with Gasteiger partial charge in [-0.25, -0.2) is 18.7 Å². The van der Waals surface area contributed by atoms with Gasteiger partial charge in [0.15, 0.2) is 11.6 Å². The van der Waals surface area contributed by atoms with Crippen LogP contribution in [0.25, 0.3) is 11.3 Å². The predicted molar refractivity (Wildman–Crippen MR) is 150 cm³/mol. The first-order chi connectivity index (χ1) is 19.7. The van der Waals surface area contributed by atoms with Crippen molar-refractivity contribution in [3.63, 3.8) is 0 Å². The Balaban J connectivity index is 1.43. The summed E-state index contributed by atoms with van der Waals surface area (Å²) in [6.07, 6.45) is 4.81. The van der Waals surface area contributed by atoms with Crippen LogP contribution in [0.1, 0.15) is 46.7 Å². The van der Waals surface area contributed by atoms with Crippen LogP contribution in [0.5, 0.6) is 5.75 Å². The minimum Gasteiger partial charge on any atom is -0.485 e. The van der Waals surface area contributed by atoms with Crippen LogP contribution in [0.3, 0.4) is 0 Å². The molecule has 1 aromatic heterocycles. The summed E-state index contributed by atoms with van der Waals surface area (Å²) < 4.78 is 41.3. The van der Waals surface area contributed by atoms with Crippen LogP contribution in [-0.4, -0.2) is 59.1 Å². The fourth-order valence-corrected chi connectivity index (χ4v) is 5.21. The molecule has 3 aromatic rings. The number of nitrogens with two attached hydrogens (primary N) is 1. The number of benzene rings is 2. The highest BCUT2D eigenvalue weighted by Gasteiger charge is 2.37. The molecule has 2 fully saturated rings. The molecule has 2 amide bonds. The van der Waals surface area contributed by atoms with E-state index in [0.717, 1.165) is 24.5 Å². The summed E-state index contributed by atoms with van der Waals surface area (Å²) in [5.74, 6) is -1.82. The lowest BCUT2D eigenvalue weighted by Gasteiger charge is -2.27. The molecule has 41 heavy (non-hydrogen) atoms. The zero-order valence-electron chi connectivity index (χ0n) is 22.8. The lowest BCUT2D eigenvalue weighted by Crippen LogP contribution is -2.43. The molecule has 3 N–H and O–H groups in total. The van der Waals surface area contributed by atoms with Gasteiger partial charge >= 0.3 is 0 Å². The van der Waals surface area contributed by atoms with Gasteiger partial charge in [0.05, 0.1) is 17.7 Å². The number of carbonyl (C=O) groups excluding carboxylic acids is 2. The largest absolute Gasteiger partial charge is 0.485 e. The summed E-state index contributed by atoms with van der Waals surface area (Å²) in [5, 5.41) is 2.63. The van der Waals surface area contributed by atoms with E-state index in [1.54, 1.807) is 25.0 Å². The van der Waals surface area contributed by atoms with Crippen molar-refractivity contribution in [1.29, 1.82) is 0 Å². The highest BCUT2D eigenvalue weighted by molar-refractivity contribution is 6.05. The molecule has 1 saturated carbocycles. The highest BCUT2D eigenvalue weighted by atomic mass is 19.1. The average molecular weight is 564 g/mol. The standard InChI is InChI=1S/C30H31F2N5O4/c1-4-26(38)37-10-9-25(40-3)24(37)14-41-28-27(34-15-35-29(28)33)21-12-19(31)13-23(16(21)2)36-30(39)20-8-7-18(11-22(20)32)17-5-6-17/h4,7-8,11-13,15,17,24-25H,1,5-6,9-10,14H2,2-3H3,(H,36,39)(H2,33,34,35).